The van der Waals surface area contributed by atoms with E-state index in [1.165, 1.54) is 28.2 Å². The molecule has 2 rings (SSSR count). The number of benzene rings is 1. The summed E-state index contributed by atoms with van der Waals surface area (Å²) in [5.74, 6) is -0.330. The van der Waals surface area contributed by atoms with Gasteiger partial charge in [0.25, 0.3) is 5.91 Å². The molecule has 0 fully saturated rings. The van der Waals surface area contributed by atoms with E-state index in [4.69, 9.17) is 0 Å². The number of thiophene rings is 1. The van der Waals surface area contributed by atoms with E-state index in [0.717, 1.165) is 29.0 Å². The van der Waals surface area contributed by atoms with E-state index in [1.54, 1.807) is 6.07 Å². The van der Waals surface area contributed by atoms with Gasteiger partial charge >= 0.3 is 6.18 Å². The molecule has 0 saturated heterocycles. The van der Waals surface area contributed by atoms with Gasteiger partial charge in [-0.3, -0.25) is 4.79 Å². The van der Waals surface area contributed by atoms with E-state index in [0.29, 0.717) is 10.6 Å². The summed E-state index contributed by atoms with van der Waals surface area (Å²) in [4.78, 5) is 13.5. The maximum absolute atomic E-state index is 12.2. The SMILES string of the molecule is CCc1sc(C(=O)Nc2ccc(S(=O)(=O)NCC(F)(F)F)cc2)cc1C. The molecule has 0 bridgehead atoms. The first-order valence-corrected chi connectivity index (χ1v) is 9.89. The minimum absolute atomic E-state index is 0.319. The Balaban J connectivity index is 2.08. The van der Waals surface area contributed by atoms with Gasteiger partial charge in [0, 0.05) is 10.6 Å². The summed E-state index contributed by atoms with van der Waals surface area (Å²) in [6, 6.07) is 6.68. The second-order valence-electron chi connectivity index (χ2n) is 5.49. The van der Waals surface area contributed by atoms with Crippen molar-refractivity contribution in [2.75, 3.05) is 11.9 Å². The monoisotopic (exact) mass is 406 g/mol. The maximum Gasteiger partial charge on any atom is 0.402 e. The van der Waals surface area contributed by atoms with Crippen molar-refractivity contribution < 1.29 is 26.4 Å². The van der Waals surface area contributed by atoms with Gasteiger partial charge in [0.1, 0.15) is 6.54 Å². The largest absolute Gasteiger partial charge is 0.402 e. The minimum Gasteiger partial charge on any atom is -0.321 e. The van der Waals surface area contributed by atoms with Crippen LogP contribution in [0.5, 0.6) is 0 Å². The van der Waals surface area contributed by atoms with Crippen molar-refractivity contribution in [3.05, 3.63) is 45.6 Å². The number of amides is 1. The number of halogens is 3. The number of alkyl halides is 3. The van der Waals surface area contributed by atoms with E-state index in [2.05, 4.69) is 5.32 Å². The van der Waals surface area contributed by atoms with E-state index in [-0.39, 0.29) is 10.8 Å². The van der Waals surface area contributed by atoms with Gasteiger partial charge in [-0.25, -0.2) is 13.1 Å². The summed E-state index contributed by atoms with van der Waals surface area (Å²) in [6.07, 6.45) is -3.82. The Bertz CT molecular complexity index is 888. The third-order valence-electron chi connectivity index (χ3n) is 3.45. The summed E-state index contributed by atoms with van der Waals surface area (Å²) in [7, 11) is -4.28. The third-order valence-corrected chi connectivity index (χ3v) is 6.25. The number of sulfonamides is 1. The molecule has 0 aliphatic carbocycles. The van der Waals surface area contributed by atoms with Crippen LogP contribution in [0.1, 0.15) is 27.0 Å². The Morgan fingerprint density at radius 3 is 2.31 bits per heavy atom. The Morgan fingerprint density at radius 2 is 1.81 bits per heavy atom. The van der Waals surface area contributed by atoms with E-state index >= 15 is 0 Å². The normalized spacial score (nSPS) is 12.2. The van der Waals surface area contributed by atoms with Crippen LogP contribution in [0.25, 0.3) is 0 Å². The van der Waals surface area contributed by atoms with Gasteiger partial charge in [0.05, 0.1) is 9.77 Å². The zero-order chi connectivity index (χ0) is 19.5. The van der Waals surface area contributed by atoms with Gasteiger partial charge in [-0.1, -0.05) is 6.92 Å². The molecule has 0 spiro atoms. The topological polar surface area (TPSA) is 75.3 Å². The molecule has 10 heteroatoms. The molecule has 0 atom stereocenters. The van der Waals surface area contributed by atoms with Crippen LogP contribution in [0, 0.1) is 6.92 Å². The number of aryl methyl sites for hydroxylation is 2. The molecule has 5 nitrogen and oxygen atoms in total. The fraction of sp³-hybridized carbons (Fsp3) is 0.312. The molecule has 0 radical (unpaired) electrons. The summed E-state index contributed by atoms with van der Waals surface area (Å²) < 4.78 is 61.6. The van der Waals surface area contributed by atoms with Gasteiger partial charge in [0.2, 0.25) is 10.0 Å². The highest BCUT2D eigenvalue weighted by Crippen LogP contribution is 2.24. The van der Waals surface area contributed by atoms with Crippen LogP contribution in [0.2, 0.25) is 0 Å². The number of carbonyl (C=O) groups excluding carboxylic acids is 1. The molecular weight excluding hydrogens is 389 g/mol. The Kier molecular flexibility index (Phi) is 6.09. The average Bonchev–Trinajstić information content (AvgIpc) is 2.94. The first kappa shape index (κ1) is 20.4. The molecule has 142 valence electrons. The standard InChI is InChI=1S/C16H17F3N2O3S2/c1-3-13-10(2)8-14(25-13)15(22)21-11-4-6-12(7-5-11)26(23,24)20-9-16(17,18)19/h4-8,20H,3,9H2,1-2H3,(H,21,22). The van der Waals surface area contributed by atoms with Crippen LogP contribution in [0.4, 0.5) is 18.9 Å². The number of nitrogens with one attached hydrogen (secondary N) is 2. The average molecular weight is 406 g/mol. The third kappa shape index (κ3) is 5.29. The molecule has 0 saturated carbocycles. The highest BCUT2D eigenvalue weighted by molar-refractivity contribution is 7.89. The maximum atomic E-state index is 12.2. The number of anilines is 1. The molecule has 0 aliphatic heterocycles. The number of rotatable bonds is 6. The van der Waals surface area contributed by atoms with Crippen molar-refractivity contribution >= 4 is 33.0 Å². The zero-order valence-electron chi connectivity index (χ0n) is 14.0. The van der Waals surface area contributed by atoms with Crippen molar-refractivity contribution in [1.29, 1.82) is 0 Å². The second kappa shape index (κ2) is 7.77. The van der Waals surface area contributed by atoms with Crippen LogP contribution in [-0.4, -0.2) is 27.0 Å². The lowest BCUT2D eigenvalue weighted by atomic mass is 10.2. The van der Waals surface area contributed by atoms with Gasteiger partial charge in [0.15, 0.2) is 0 Å². The molecule has 2 aromatic rings. The zero-order valence-corrected chi connectivity index (χ0v) is 15.6. The Hall–Kier alpha value is -1.91. The second-order valence-corrected chi connectivity index (χ2v) is 8.39. The summed E-state index contributed by atoms with van der Waals surface area (Å²) in [5.41, 5.74) is 1.37. The lowest BCUT2D eigenvalue weighted by Gasteiger charge is -2.10. The van der Waals surface area contributed by atoms with Gasteiger partial charge in [-0.2, -0.15) is 13.2 Å². The molecule has 2 N–H and O–H groups in total. The lowest BCUT2D eigenvalue weighted by molar-refractivity contribution is -0.121. The van der Waals surface area contributed by atoms with Crippen molar-refractivity contribution in [1.82, 2.24) is 4.72 Å². The Morgan fingerprint density at radius 1 is 1.19 bits per heavy atom. The van der Waals surface area contributed by atoms with Gasteiger partial charge in [-0.05, 0) is 49.2 Å². The van der Waals surface area contributed by atoms with Crippen molar-refractivity contribution in [3.8, 4) is 0 Å². The first-order valence-electron chi connectivity index (χ1n) is 7.59. The summed E-state index contributed by atoms with van der Waals surface area (Å²) >= 11 is 1.38. The quantitative estimate of drug-likeness (QED) is 0.768. The van der Waals surface area contributed by atoms with Crippen LogP contribution in [0.3, 0.4) is 0 Å². The molecule has 1 aromatic heterocycles. The summed E-state index contributed by atoms with van der Waals surface area (Å²) in [5, 5.41) is 2.63. The van der Waals surface area contributed by atoms with Crippen LogP contribution < -0.4 is 10.0 Å². The van der Waals surface area contributed by atoms with Gasteiger partial charge < -0.3 is 5.32 Å². The molecule has 1 heterocycles. The molecule has 26 heavy (non-hydrogen) atoms. The first-order chi connectivity index (χ1) is 12.0. The number of hydrogen-bond acceptors (Lipinski definition) is 4. The molecule has 0 unspecified atom stereocenters. The number of hydrogen-bond donors (Lipinski definition) is 2. The van der Waals surface area contributed by atoms with Crippen molar-refractivity contribution in [2.45, 2.75) is 31.3 Å². The summed E-state index contributed by atoms with van der Waals surface area (Å²) in [6.45, 7) is 2.26. The van der Waals surface area contributed by atoms with Crippen LogP contribution >= 0.6 is 11.3 Å². The number of carbonyl (C=O) groups is 1. The fourth-order valence-electron chi connectivity index (χ4n) is 2.15. The van der Waals surface area contributed by atoms with E-state index in [1.807, 2.05) is 13.8 Å². The van der Waals surface area contributed by atoms with E-state index in [9.17, 15) is 26.4 Å². The minimum atomic E-state index is -4.64. The highest BCUT2D eigenvalue weighted by atomic mass is 32.2. The van der Waals surface area contributed by atoms with Crippen molar-refractivity contribution in [3.63, 3.8) is 0 Å². The molecule has 0 aliphatic rings. The predicted molar refractivity (Wildman–Crippen MR) is 94.1 cm³/mol. The molecule has 1 aromatic carbocycles. The smallest absolute Gasteiger partial charge is 0.321 e. The fourth-order valence-corrected chi connectivity index (χ4v) is 4.18. The van der Waals surface area contributed by atoms with E-state index < -0.39 is 22.7 Å². The van der Waals surface area contributed by atoms with Crippen LogP contribution in [0.15, 0.2) is 35.2 Å². The van der Waals surface area contributed by atoms with Crippen molar-refractivity contribution in [2.24, 2.45) is 0 Å². The highest BCUT2D eigenvalue weighted by Gasteiger charge is 2.30. The van der Waals surface area contributed by atoms with Gasteiger partial charge in [-0.15, -0.1) is 11.3 Å². The molecular formula is C16H17F3N2O3S2. The lowest BCUT2D eigenvalue weighted by Crippen LogP contribution is -2.33. The Labute approximate surface area is 153 Å². The molecule has 1 amide bonds. The predicted octanol–water partition coefficient (Wildman–Crippen LogP) is 3.71. The van der Waals surface area contributed by atoms with Crippen LogP contribution in [-0.2, 0) is 16.4 Å².